The molecule has 1 fully saturated rings. The van der Waals surface area contributed by atoms with Crippen LogP contribution in [-0.2, 0) is 0 Å². The van der Waals surface area contributed by atoms with Gasteiger partial charge in [0.05, 0.1) is 6.54 Å². The normalized spacial score (nSPS) is 28.5. The quantitative estimate of drug-likeness (QED) is 0.588. The summed E-state index contributed by atoms with van der Waals surface area (Å²) in [6.45, 7) is 3.78. The monoisotopic (exact) mass is 182 g/mol. The van der Waals surface area contributed by atoms with E-state index in [0.717, 1.165) is 32.1 Å². The summed E-state index contributed by atoms with van der Waals surface area (Å²) < 4.78 is 0. The number of hydrogen-bond donors (Lipinski definition) is 2. The SMILES string of the molecule is NCC1CCCCN1C1=NCCN1. The van der Waals surface area contributed by atoms with E-state index in [1.165, 1.54) is 19.3 Å². The number of piperidine rings is 1. The molecule has 2 aliphatic heterocycles. The lowest BCUT2D eigenvalue weighted by Crippen LogP contribution is -2.50. The van der Waals surface area contributed by atoms with Gasteiger partial charge in [0, 0.05) is 25.7 Å². The Bertz CT molecular complexity index is 202. The van der Waals surface area contributed by atoms with E-state index in [9.17, 15) is 0 Å². The first kappa shape index (κ1) is 8.81. The van der Waals surface area contributed by atoms with E-state index < -0.39 is 0 Å². The average Bonchev–Trinajstić information content (AvgIpc) is 2.70. The van der Waals surface area contributed by atoms with Crippen molar-refractivity contribution in [1.82, 2.24) is 10.2 Å². The first-order chi connectivity index (χ1) is 6.42. The summed E-state index contributed by atoms with van der Waals surface area (Å²) in [5.41, 5.74) is 5.74. The first-order valence-corrected chi connectivity index (χ1v) is 5.17. The molecule has 0 spiro atoms. The number of hydrogen-bond acceptors (Lipinski definition) is 4. The Balaban J connectivity index is 2.01. The zero-order valence-electron chi connectivity index (χ0n) is 8.00. The zero-order valence-corrected chi connectivity index (χ0v) is 8.00. The molecule has 74 valence electrons. The van der Waals surface area contributed by atoms with Gasteiger partial charge in [-0.3, -0.25) is 4.99 Å². The van der Waals surface area contributed by atoms with E-state index in [2.05, 4.69) is 15.2 Å². The van der Waals surface area contributed by atoms with Gasteiger partial charge in [0.2, 0.25) is 0 Å². The van der Waals surface area contributed by atoms with Gasteiger partial charge < -0.3 is 16.0 Å². The Morgan fingerprint density at radius 3 is 3.15 bits per heavy atom. The minimum absolute atomic E-state index is 0.512. The number of aliphatic imine (C=N–C) groups is 1. The summed E-state index contributed by atoms with van der Waals surface area (Å²) in [6.07, 6.45) is 3.81. The summed E-state index contributed by atoms with van der Waals surface area (Å²) in [7, 11) is 0. The van der Waals surface area contributed by atoms with Crippen LogP contribution in [0.1, 0.15) is 19.3 Å². The fraction of sp³-hybridized carbons (Fsp3) is 0.889. The molecule has 2 heterocycles. The maximum absolute atomic E-state index is 5.74. The standard InChI is InChI=1S/C9H18N4/c10-7-8-3-1-2-6-13(8)9-11-4-5-12-9/h8H,1-7,10H2,(H,11,12). The summed E-state index contributed by atoms with van der Waals surface area (Å²) in [5, 5.41) is 3.31. The highest BCUT2D eigenvalue weighted by Crippen LogP contribution is 2.16. The molecule has 1 atom stereocenters. The number of nitrogens with two attached hydrogens (primary N) is 1. The molecule has 4 nitrogen and oxygen atoms in total. The average molecular weight is 182 g/mol. The largest absolute Gasteiger partial charge is 0.354 e. The lowest BCUT2D eigenvalue weighted by atomic mass is 10.0. The van der Waals surface area contributed by atoms with E-state index in [1.54, 1.807) is 0 Å². The van der Waals surface area contributed by atoms with Crippen molar-refractivity contribution < 1.29 is 0 Å². The topological polar surface area (TPSA) is 53.6 Å². The van der Waals surface area contributed by atoms with Gasteiger partial charge >= 0.3 is 0 Å². The molecule has 1 saturated heterocycles. The van der Waals surface area contributed by atoms with Crippen molar-refractivity contribution in [2.75, 3.05) is 26.2 Å². The van der Waals surface area contributed by atoms with Gasteiger partial charge in [-0.1, -0.05) is 0 Å². The number of guanidine groups is 1. The molecule has 13 heavy (non-hydrogen) atoms. The third-order valence-corrected chi connectivity index (χ3v) is 2.83. The van der Waals surface area contributed by atoms with Crippen LogP contribution in [0.2, 0.25) is 0 Å². The molecular weight excluding hydrogens is 164 g/mol. The van der Waals surface area contributed by atoms with Gasteiger partial charge in [-0.05, 0) is 19.3 Å². The molecule has 1 unspecified atom stereocenters. The molecular formula is C9H18N4. The van der Waals surface area contributed by atoms with Crippen LogP contribution in [0.4, 0.5) is 0 Å². The van der Waals surface area contributed by atoms with E-state index in [0.29, 0.717) is 6.04 Å². The van der Waals surface area contributed by atoms with Gasteiger partial charge in [-0.15, -0.1) is 0 Å². The molecule has 0 aromatic carbocycles. The fourth-order valence-corrected chi connectivity index (χ4v) is 2.10. The molecule has 2 rings (SSSR count). The molecule has 0 saturated carbocycles. The van der Waals surface area contributed by atoms with E-state index >= 15 is 0 Å². The molecule has 0 amide bonds. The van der Waals surface area contributed by atoms with Crippen molar-refractivity contribution >= 4 is 5.96 Å². The number of likely N-dealkylation sites (tertiary alicyclic amines) is 1. The number of nitrogens with zero attached hydrogens (tertiary/aromatic N) is 2. The summed E-state index contributed by atoms with van der Waals surface area (Å²) in [6, 6.07) is 0.512. The van der Waals surface area contributed by atoms with Gasteiger partial charge in [0.1, 0.15) is 0 Å². The van der Waals surface area contributed by atoms with E-state index in [1.807, 2.05) is 0 Å². The Morgan fingerprint density at radius 2 is 2.46 bits per heavy atom. The van der Waals surface area contributed by atoms with Crippen molar-refractivity contribution in [2.45, 2.75) is 25.3 Å². The number of rotatable bonds is 1. The van der Waals surface area contributed by atoms with Crippen LogP contribution in [-0.4, -0.2) is 43.1 Å². The van der Waals surface area contributed by atoms with E-state index in [-0.39, 0.29) is 0 Å². The van der Waals surface area contributed by atoms with Crippen molar-refractivity contribution in [3.63, 3.8) is 0 Å². The third-order valence-electron chi connectivity index (χ3n) is 2.83. The zero-order chi connectivity index (χ0) is 9.10. The van der Waals surface area contributed by atoms with Crippen LogP contribution in [0.5, 0.6) is 0 Å². The predicted octanol–water partition coefficient (Wildman–Crippen LogP) is -0.241. The van der Waals surface area contributed by atoms with Gasteiger partial charge in [-0.2, -0.15) is 0 Å². The van der Waals surface area contributed by atoms with Crippen LogP contribution in [0, 0.1) is 0 Å². The molecule has 0 aromatic rings. The second kappa shape index (κ2) is 3.96. The minimum Gasteiger partial charge on any atom is -0.354 e. The van der Waals surface area contributed by atoms with Crippen LogP contribution in [0.3, 0.4) is 0 Å². The van der Waals surface area contributed by atoms with Crippen molar-refractivity contribution in [3.8, 4) is 0 Å². The minimum atomic E-state index is 0.512. The second-order valence-corrected chi connectivity index (χ2v) is 3.71. The fourth-order valence-electron chi connectivity index (χ4n) is 2.10. The Kier molecular flexibility index (Phi) is 2.68. The summed E-state index contributed by atoms with van der Waals surface area (Å²) in [5.74, 6) is 1.08. The maximum atomic E-state index is 5.74. The van der Waals surface area contributed by atoms with E-state index in [4.69, 9.17) is 5.73 Å². The lowest BCUT2D eigenvalue weighted by Gasteiger charge is -2.36. The van der Waals surface area contributed by atoms with Gasteiger partial charge in [0.15, 0.2) is 5.96 Å². The summed E-state index contributed by atoms with van der Waals surface area (Å²) >= 11 is 0. The maximum Gasteiger partial charge on any atom is 0.194 e. The lowest BCUT2D eigenvalue weighted by molar-refractivity contribution is 0.242. The van der Waals surface area contributed by atoms with Crippen LogP contribution >= 0.6 is 0 Å². The smallest absolute Gasteiger partial charge is 0.194 e. The highest BCUT2D eigenvalue weighted by Gasteiger charge is 2.24. The Morgan fingerprint density at radius 1 is 1.54 bits per heavy atom. The molecule has 2 aliphatic rings. The molecule has 4 heteroatoms. The van der Waals surface area contributed by atoms with Crippen molar-refractivity contribution in [2.24, 2.45) is 10.7 Å². The van der Waals surface area contributed by atoms with Crippen LogP contribution in [0.25, 0.3) is 0 Å². The third kappa shape index (κ3) is 1.77. The Hall–Kier alpha value is -0.770. The van der Waals surface area contributed by atoms with Gasteiger partial charge in [0.25, 0.3) is 0 Å². The van der Waals surface area contributed by atoms with Crippen molar-refractivity contribution in [1.29, 1.82) is 0 Å². The molecule has 0 aliphatic carbocycles. The molecule has 0 radical (unpaired) electrons. The van der Waals surface area contributed by atoms with Crippen LogP contribution < -0.4 is 11.1 Å². The molecule has 0 aromatic heterocycles. The Labute approximate surface area is 79.2 Å². The number of nitrogens with one attached hydrogen (secondary N) is 1. The predicted molar refractivity (Wildman–Crippen MR) is 53.7 cm³/mol. The van der Waals surface area contributed by atoms with Crippen LogP contribution in [0.15, 0.2) is 4.99 Å². The highest BCUT2D eigenvalue weighted by atomic mass is 15.3. The first-order valence-electron chi connectivity index (χ1n) is 5.17. The molecule has 0 bridgehead atoms. The molecule has 3 N–H and O–H groups in total. The van der Waals surface area contributed by atoms with Crippen molar-refractivity contribution in [3.05, 3.63) is 0 Å². The highest BCUT2D eigenvalue weighted by molar-refractivity contribution is 5.81. The summed E-state index contributed by atoms with van der Waals surface area (Å²) in [4.78, 5) is 6.78. The van der Waals surface area contributed by atoms with Gasteiger partial charge in [-0.25, -0.2) is 0 Å². The second-order valence-electron chi connectivity index (χ2n) is 3.71.